The molecule has 0 saturated carbocycles. The highest BCUT2D eigenvalue weighted by Gasteiger charge is 2.51. The number of carbonyl (C=O) groups excluding carboxylic acids is 1. The van der Waals surface area contributed by atoms with Crippen LogP contribution in [-0.4, -0.2) is 140 Å². The van der Waals surface area contributed by atoms with E-state index < -0.39 is 86.8 Å². The maximum absolute atomic E-state index is 13.4. The van der Waals surface area contributed by atoms with Gasteiger partial charge in [0.05, 0.1) is 32.0 Å². The van der Waals surface area contributed by atoms with Gasteiger partial charge in [-0.1, -0.05) is 370 Å². The van der Waals surface area contributed by atoms with E-state index in [1.54, 1.807) is 0 Å². The number of hydrogen-bond acceptors (Lipinski definition) is 13. The second-order valence-electron chi connectivity index (χ2n) is 29.2. The van der Waals surface area contributed by atoms with Crippen LogP contribution in [0.3, 0.4) is 0 Å². The Morgan fingerprint density at radius 2 is 0.704 bits per heavy atom. The number of aliphatic hydroxyl groups excluding tert-OH is 8. The first-order chi connectivity index (χ1) is 48.1. The highest BCUT2D eigenvalue weighted by molar-refractivity contribution is 5.76. The van der Waals surface area contributed by atoms with Gasteiger partial charge in [0.15, 0.2) is 12.6 Å². The van der Waals surface area contributed by atoms with Gasteiger partial charge in [-0.05, 0) is 57.8 Å². The lowest BCUT2D eigenvalue weighted by atomic mass is 9.97. The fraction of sp³-hybridized carbons (Fsp3) is 0.869. The summed E-state index contributed by atoms with van der Waals surface area (Å²) in [6, 6.07) is -0.829. The van der Waals surface area contributed by atoms with Crippen LogP contribution in [0.4, 0.5) is 0 Å². The topological polar surface area (TPSA) is 228 Å². The molecule has 0 aromatic heterocycles. The Bertz CT molecular complexity index is 1880. The quantitative estimate of drug-likeness (QED) is 0.0204. The fourth-order valence-electron chi connectivity index (χ4n) is 13.7. The lowest BCUT2D eigenvalue weighted by molar-refractivity contribution is -0.359. The van der Waals surface area contributed by atoms with Crippen molar-refractivity contribution >= 4 is 5.91 Å². The second kappa shape index (κ2) is 67.8. The summed E-state index contributed by atoms with van der Waals surface area (Å²) in [5.74, 6) is -0.198. The number of amides is 1. The Balaban J connectivity index is 1.55. The van der Waals surface area contributed by atoms with Crippen molar-refractivity contribution in [3.05, 3.63) is 60.8 Å². The van der Waals surface area contributed by atoms with Crippen LogP contribution in [0.2, 0.25) is 0 Å². The first-order valence-electron chi connectivity index (χ1n) is 41.5. The van der Waals surface area contributed by atoms with Gasteiger partial charge in [0.1, 0.15) is 48.8 Å². The van der Waals surface area contributed by atoms with E-state index >= 15 is 0 Å². The lowest BCUT2D eigenvalue weighted by Gasteiger charge is -2.46. The molecular formula is C84H155NO13. The molecule has 12 atom stereocenters. The molecule has 574 valence electrons. The van der Waals surface area contributed by atoms with Gasteiger partial charge >= 0.3 is 0 Å². The van der Waals surface area contributed by atoms with Crippen molar-refractivity contribution in [2.75, 3.05) is 19.8 Å². The predicted octanol–water partition coefficient (Wildman–Crippen LogP) is 19.1. The molecule has 2 aliphatic heterocycles. The minimum Gasteiger partial charge on any atom is -0.394 e. The zero-order valence-electron chi connectivity index (χ0n) is 63.0. The molecule has 2 saturated heterocycles. The monoisotopic (exact) mass is 1390 g/mol. The molecule has 2 fully saturated rings. The number of unbranched alkanes of at least 4 members (excludes halogenated alkanes) is 47. The van der Waals surface area contributed by atoms with Gasteiger partial charge in [-0.3, -0.25) is 4.79 Å². The molecule has 0 aromatic carbocycles. The molecule has 0 radical (unpaired) electrons. The van der Waals surface area contributed by atoms with Gasteiger partial charge in [-0.2, -0.15) is 0 Å². The SMILES string of the molecule is CC/C=C\C/C=C\C/C=C\C/C=C\C/C=C\CCCCCCCCCCCCCCCCCCCCCCCCCCCC(=O)NC(COC1OC(CO)C(OC2OC(CO)C(O)C(O)C2O)C(O)C1O)C(O)CCCCCCCCCCCCCCCCCCCCCCCCC. The molecule has 1 amide bonds. The zero-order valence-corrected chi connectivity index (χ0v) is 63.0. The van der Waals surface area contributed by atoms with Crippen molar-refractivity contribution in [1.29, 1.82) is 0 Å². The van der Waals surface area contributed by atoms with E-state index in [9.17, 15) is 45.6 Å². The van der Waals surface area contributed by atoms with E-state index in [-0.39, 0.29) is 12.5 Å². The number of ether oxygens (including phenoxy) is 4. The van der Waals surface area contributed by atoms with Crippen LogP contribution in [0.1, 0.15) is 373 Å². The first kappa shape index (κ1) is 91.8. The molecule has 0 aromatic rings. The fourth-order valence-corrected chi connectivity index (χ4v) is 13.7. The molecule has 2 heterocycles. The molecule has 0 bridgehead atoms. The van der Waals surface area contributed by atoms with Crippen LogP contribution in [0.25, 0.3) is 0 Å². The van der Waals surface area contributed by atoms with Gasteiger partial charge in [0, 0.05) is 6.42 Å². The van der Waals surface area contributed by atoms with E-state index in [0.29, 0.717) is 12.8 Å². The molecule has 2 aliphatic rings. The Hall–Kier alpha value is -2.31. The van der Waals surface area contributed by atoms with Crippen molar-refractivity contribution in [1.82, 2.24) is 5.32 Å². The Morgan fingerprint density at radius 1 is 0.378 bits per heavy atom. The van der Waals surface area contributed by atoms with Crippen molar-refractivity contribution < 1.29 is 64.6 Å². The maximum Gasteiger partial charge on any atom is 0.220 e. The largest absolute Gasteiger partial charge is 0.394 e. The highest BCUT2D eigenvalue weighted by Crippen LogP contribution is 2.30. The summed E-state index contributed by atoms with van der Waals surface area (Å²) in [6.45, 7) is 2.81. The first-order valence-corrected chi connectivity index (χ1v) is 41.5. The van der Waals surface area contributed by atoms with E-state index in [1.807, 2.05) is 0 Å². The van der Waals surface area contributed by atoms with Crippen LogP contribution in [0.15, 0.2) is 60.8 Å². The van der Waals surface area contributed by atoms with Gasteiger partial charge in [-0.15, -0.1) is 0 Å². The van der Waals surface area contributed by atoms with Crippen molar-refractivity contribution in [3.8, 4) is 0 Å². The van der Waals surface area contributed by atoms with Crippen molar-refractivity contribution in [2.24, 2.45) is 0 Å². The minimum atomic E-state index is -1.78. The third kappa shape index (κ3) is 50.2. The van der Waals surface area contributed by atoms with E-state index in [4.69, 9.17) is 18.9 Å². The molecule has 0 spiro atoms. The molecule has 14 heteroatoms. The molecule has 98 heavy (non-hydrogen) atoms. The van der Waals surface area contributed by atoms with Gasteiger partial charge in [0.2, 0.25) is 5.91 Å². The Morgan fingerprint density at radius 3 is 1.08 bits per heavy atom. The number of aliphatic hydroxyl groups is 8. The third-order valence-electron chi connectivity index (χ3n) is 20.2. The Labute approximate surface area is 600 Å². The summed E-state index contributed by atoms with van der Waals surface area (Å²) >= 11 is 0. The summed E-state index contributed by atoms with van der Waals surface area (Å²) in [7, 11) is 0. The summed E-state index contributed by atoms with van der Waals surface area (Å²) < 4.78 is 23.0. The van der Waals surface area contributed by atoms with E-state index in [0.717, 1.165) is 83.5 Å². The average molecular weight is 1390 g/mol. The molecule has 9 N–H and O–H groups in total. The van der Waals surface area contributed by atoms with Gasteiger partial charge in [0.25, 0.3) is 0 Å². The minimum absolute atomic E-state index is 0.198. The number of rotatable bonds is 70. The number of nitrogens with one attached hydrogen (secondary N) is 1. The van der Waals surface area contributed by atoms with Crippen LogP contribution in [0, 0.1) is 0 Å². The van der Waals surface area contributed by atoms with Gasteiger partial charge in [-0.25, -0.2) is 0 Å². The molecule has 0 aliphatic carbocycles. The van der Waals surface area contributed by atoms with E-state index in [2.05, 4.69) is 79.9 Å². The normalized spacial score (nSPS) is 22.3. The zero-order chi connectivity index (χ0) is 70.8. The molecule has 12 unspecified atom stereocenters. The van der Waals surface area contributed by atoms with Crippen molar-refractivity contribution in [3.63, 3.8) is 0 Å². The van der Waals surface area contributed by atoms with Crippen LogP contribution in [-0.2, 0) is 23.7 Å². The third-order valence-corrected chi connectivity index (χ3v) is 20.2. The van der Waals surface area contributed by atoms with Crippen LogP contribution in [0.5, 0.6) is 0 Å². The highest BCUT2D eigenvalue weighted by atomic mass is 16.7. The predicted molar refractivity (Wildman–Crippen MR) is 406 cm³/mol. The molecular weight excluding hydrogens is 1230 g/mol. The summed E-state index contributed by atoms with van der Waals surface area (Å²) in [4.78, 5) is 13.4. The maximum atomic E-state index is 13.4. The standard InChI is InChI=1S/C84H155NO13/c1-3-5-7-9-11-13-15-17-19-21-23-25-27-28-29-30-31-32-33-34-35-36-37-38-39-40-41-42-43-44-46-48-50-52-54-56-58-60-62-64-66-68-76(89)85-72(71-95-83-81(94)79(92)82(75(70-87)97-83)98-84-80(93)78(91)77(90)74(69-86)96-84)73(88)67-65-63-61-59-57-55-53-51-49-47-45-26-24-22-20-18-16-14-12-10-8-6-4-2/h5,7,11,13,17,19,23,25,28-29,72-75,77-84,86-88,90-94H,3-4,6,8-10,12,14-16,18,20-22,24,26-27,30-71H2,1-2H3,(H,85,89)/b7-5-,13-11-,19-17-,25-23-,29-28-. The average Bonchev–Trinajstić information content (AvgIpc) is 0.793. The van der Waals surface area contributed by atoms with Crippen molar-refractivity contribution in [2.45, 2.75) is 447 Å². The summed E-state index contributed by atoms with van der Waals surface area (Å²) in [5.41, 5.74) is 0. The molecule has 14 nitrogen and oxygen atoms in total. The number of carbonyl (C=O) groups is 1. The summed E-state index contributed by atoms with van der Waals surface area (Å²) in [6.07, 6.45) is 75.6. The summed E-state index contributed by atoms with van der Waals surface area (Å²) in [5, 5.41) is 87.9. The number of allylic oxidation sites excluding steroid dienone is 10. The van der Waals surface area contributed by atoms with E-state index in [1.165, 1.54) is 263 Å². The smallest absolute Gasteiger partial charge is 0.220 e. The number of hydrogen-bond donors (Lipinski definition) is 9. The Kier molecular flexibility index (Phi) is 63.5. The lowest BCUT2D eigenvalue weighted by Crippen LogP contribution is -2.65. The van der Waals surface area contributed by atoms with Crippen LogP contribution < -0.4 is 5.32 Å². The van der Waals surface area contributed by atoms with Gasteiger partial charge < -0.3 is 65.1 Å². The molecule has 2 rings (SSSR count). The van der Waals surface area contributed by atoms with Crippen LogP contribution >= 0.6 is 0 Å². The second-order valence-corrected chi connectivity index (χ2v) is 29.2.